The number of amides is 2. The number of nitrogens with one attached hydrogen (secondary N) is 2. The van der Waals surface area contributed by atoms with Crippen LogP contribution in [0.1, 0.15) is 21.7 Å². The first-order valence-electron chi connectivity index (χ1n) is 8.19. The third-order valence-electron chi connectivity index (χ3n) is 3.68. The van der Waals surface area contributed by atoms with Crippen LogP contribution in [0.25, 0.3) is 0 Å². The van der Waals surface area contributed by atoms with Gasteiger partial charge in [0.1, 0.15) is 18.2 Å². The molecule has 2 amide bonds. The highest BCUT2D eigenvalue weighted by molar-refractivity contribution is 5.94. The van der Waals surface area contributed by atoms with Crippen LogP contribution in [0.15, 0.2) is 71.3 Å². The van der Waals surface area contributed by atoms with Crippen LogP contribution in [0, 0.1) is 5.82 Å². The second kappa shape index (κ2) is 8.66. The molecule has 0 fully saturated rings. The van der Waals surface area contributed by atoms with Crippen LogP contribution in [-0.4, -0.2) is 11.8 Å². The lowest BCUT2D eigenvalue weighted by Gasteiger charge is -2.08. The maximum atomic E-state index is 12.9. The Hall–Kier alpha value is -3.61. The molecule has 1 aromatic heterocycles. The fourth-order valence-corrected chi connectivity index (χ4v) is 2.34. The topological polar surface area (TPSA) is 80.6 Å². The summed E-state index contributed by atoms with van der Waals surface area (Å²) in [5, 5.41) is 0. The van der Waals surface area contributed by atoms with E-state index in [0.29, 0.717) is 16.9 Å². The normalized spacial score (nSPS) is 10.3. The van der Waals surface area contributed by atoms with Gasteiger partial charge in [0.15, 0.2) is 5.76 Å². The molecule has 0 saturated carbocycles. The molecule has 0 spiro atoms. The van der Waals surface area contributed by atoms with Gasteiger partial charge in [-0.05, 0) is 35.9 Å². The van der Waals surface area contributed by atoms with Crippen LogP contribution in [0.2, 0.25) is 0 Å². The fourth-order valence-electron chi connectivity index (χ4n) is 2.34. The average Bonchev–Trinajstić information content (AvgIpc) is 3.16. The number of benzene rings is 2. The molecule has 138 valence electrons. The zero-order valence-electron chi connectivity index (χ0n) is 14.3. The molecule has 7 heteroatoms. The lowest BCUT2D eigenvalue weighted by Crippen LogP contribution is -2.42. The molecule has 0 radical (unpaired) electrons. The summed E-state index contributed by atoms with van der Waals surface area (Å²) in [5.41, 5.74) is 5.76. The van der Waals surface area contributed by atoms with Crippen molar-refractivity contribution in [3.63, 3.8) is 0 Å². The number of furan rings is 1. The summed E-state index contributed by atoms with van der Waals surface area (Å²) in [7, 11) is 0. The highest BCUT2D eigenvalue weighted by Crippen LogP contribution is 2.15. The van der Waals surface area contributed by atoms with E-state index in [2.05, 4.69) is 10.9 Å². The Kier molecular flexibility index (Phi) is 5.84. The number of carbonyl (C=O) groups excluding carboxylic acids is 2. The molecule has 27 heavy (non-hydrogen) atoms. The molecular weight excluding hydrogens is 351 g/mol. The zero-order valence-corrected chi connectivity index (χ0v) is 14.3. The SMILES string of the molecule is O=C(Cc1ccc(F)cc1)NNC(=O)c1occc1COc1ccccc1. The number of rotatable bonds is 6. The second-order valence-electron chi connectivity index (χ2n) is 5.68. The number of hydrogen-bond acceptors (Lipinski definition) is 4. The van der Waals surface area contributed by atoms with Crippen molar-refractivity contribution in [2.75, 3.05) is 0 Å². The Morgan fingerprint density at radius 2 is 1.70 bits per heavy atom. The van der Waals surface area contributed by atoms with Crippen LogP contribution in [0.5, 0.6) is 5.75 Å². The molecule has 0 aliphatic carbocycles. The predicted molar refractivity (Wildman–Crippen MR) is 95.2 cm³/mol. The van der Waals surface area contributed by atoms with Gasteiger partial charge in [-0.2, -0.15) is 0 Å². The van der Waals surface area contributed by atoms with Crippen molar-refractivity contribution in [3.8, 4) is 5.75 Å². The number of ether oxygens (including phenoxy) is 1. The third-order valence-corrected chi connectivity index (χ3v) is 3.68. The van der Waals surface area contributed by atoms with E-state index in [1.54, 1.807) is 18.2 Å². The van der Waals surface area contributed by atoms with Crippen molar-refractivity contribution in [1.29, 1.82) is 0 Å². The summed E-state index contributed by atoms with van der Waals surface area (Å²) in [6, 6.07) is 16.3. The summed E-state index contributed by atoms with van der Waals surface area (Å²) in [6.45, 7) is 0.146. The van der Waals surface area contributed by atoms with Crippen LogP contribution in [-0.2, 0) is 17.8 Å². The summed E-state index contributed by atoms with van der Waals surface area (Å²) < 4.78 is 23.7. The van der Waals surface area contributed by atoms with Crippen molar-refractivity contribution in [3.05, 3.63) is 89.6 Å². The maximum absolute atomic E-state index is 12.9. The Morgan fingerprint density at radius 1 is 0.963 bits per heavy atom. The second-order valence-corrected chi connectivity index (χ2v) is 5.68. The summed E-state index contributed by atoms with van der Waals surface area (Å²) in [4.78, 5) is 24.1. The van der Waals surface area contributed by atoms with Crippen molar-refractivity contribution >= 4 is 11.8 Å². The Bertz CT molecular complexity index is 907. The Balaban J connectivity index is 1.51. The van der Waals surface area contributed by atoms with E-state index >= 15 is 0 Å². The van der Waals surface area contributed by atoms with Gasteiger partial charge in [0.2, 0.25) is 5.91 Å². The van der Waals surface area contributed by atoms with Gasteiger partial charge in [-0.15, -0.1) is 0 Å². The quantitative estimate of drug-likeness (QED) is 0.656. The third kappa shape index (κ3) is 5.18. The van der Waals surface area contributed by atoms with E-state index in [4.69, 9.17) is 9.15 Å². The first-order chi connectivity index (χ1) is 13.1. The molecule has 1 heterocycles. The highest BCUT2D eigenvalue weighted by atomic mass is 19.1. The minimum atomic E-state index is -0.598. The monoisotopic (exact) mass is 368 g/mol. The Labute approximate surface area is 154 Å². The van der Waals surface area contributed by atoms with Crippen molar-refractivity contribution in [2.24, 2.45) is 0 Å². The van der Waals surface area contributed by atoms with Crippen LogP contribution >= 0.6 is 0 Å². The van der Waals surface area contributed by atoms with Gasteiger partial charge in [0, 0.05) is 5.56 Å². The zero-order chi connectivity index (χ0) is 19.1. The van der Waals surface area contributed by atoms with Crippen LogP contribution in [0.4, 0.5) is 4.39 Å². The molecule has 0 aliphatic rings. The van der Waals surface area contributed by atoms with E-state index < -0.39 is 11.8 Å². The first kappa shape index (κ1) is 18.2. The molecule has 2 N–H and O–H groups in total. The molecule has 3 aromatic rings. The summed E-state index contributed by atoms with van der Waals surface area (Å²) >= 11 is 0. The molecule has 0 saturated heterocycles. The minimum Gasteiger partial charge on any atom is -0.489 e. The largest absolute Gasteiger partial charge is 0.489 e. The van der Waals surface area contributed by atoms with Crippen LogP contribution in [0.3, 0.4) is 0 Å². The number of hydrazine groups is 1. The van der Waals surface area contributed by atoms with Gasteiger partial charge >= 0.3 is 5.91 Å². The van der Waals surface area contributed by atoms with E-state index in [9.17, 15) is 14.0 Å². The number of carbonyl (C=O) groups is 2. The van der Waals surface area contributed by atoms with Crippen molar-refractivity contribution in [1.82, 2.24) is 10.9 Å². The fraction of sp³-hybridized carbons (Fsp3) is 0.100. The first-order valence-corrected chi connectivity index (χ1v) is 8.19. The van der Waals surface area contributed by atoms with Gasteiger partial charge in [-0.25, -0.2) is 4.39 Å². The van der Waals surface area contributed by atoms with Crippen LogP contribution < -0.4 is 15.6 Å². The standard InChI is InChI=1S/C20H17FN2O4/c21-16-8-6-14(7-9-16)12-18(24)22-23-20(25)19-15(10-11-26-19)13-27-17-4-2-1-3-5-17/h1-11H,12-13H2,(H,22,24)(H,23,25). The predicted octanol–water partition coefficient (Wildman–Crippen LogP) is 3.00. The minimum absolute atomic E-state index is 0.00267. The average molecular weight is 368 g/mol. The smallest absolute Gasteiger partial charge is 0.305 e. The molecule has 0 atom stereocenters. The van der Waals surface area contributed by atoms with Gasteiger partial charge < -0.3 is 9.15 Å². The summed E-state index contributed by atoms with van der Waals surface area (Å²) in [5.74, 6) is -0.705. The maximum Gasteiger partial charge on any atom is 0.305 e. The summed E-state index contributed by atoms with van der Waals surface area (Å²) in [6.07, 6.45) is 1.38. The highest BCUT2D eigenvalue weighted by Gasteiger charge is 2.16. The lowest BCUT2D eigenvalue weighted by molar-refractivity contribution is -0.121. The number of para-hydroxylation sites is 1. The van der Waals surface area contributed by atoms with Gasteiger partial charge in [-0.1, -0.05) is 30.3 Å². The van der Waals surface area contributed by atoms with E-state index in [1.165, 1.54) is 30.5 Å². The molecule has 0 unspecified atom stereocenters. The van der Waals surface area contributed by atoms with Crippen molar-refractivity contribution in [2.45, 2.75) is 13.0 Å². The van der Waals surface area contributed by atoms with E-state index in [-0.39, 0.29) is 24.6 Å². The van der Waals surface area contributed by atoms with Gasteiger partial charge in [0.05, 0.1) is 12.7 Å². The number of halogens is 1. The molecular formula is C20H17FN2O4. The number of hydrogen-bond donors (Lipinski definition) is 2. The van der Waals surface area contributed by atoms with Gasteiger partial charge in [0.25, 0.3) is 0 Å². The lowest BCUT2D eigenvalue weighted by atomic mass is 10.1. The molecule has 0 bridgehead atoms. The Morgan fingerprint density at radius 3 is 2.44 bits per heavy atom. The molecule has 3 rings (SSSR count). The van der Waals surface area contributed by atoms with E-state index in [0.717, 1.165) is 0 Å². The molecule has 0 aliphatic heterocycles. The van der Waals surface area contributed by atoms with Gasteiger partial charge in [-0.3, -0.25) is 20.4 Å². The van der Waals surface area contributed by atoms with Crippen molar-refractivity contribution < 1.29 is 23.1 Å². The molecule has 6 nitrogen and oxygen atoms in total. The van der Waals surface area contributed by atoms with E-state index in [1.807, 2.05) is 18.2 Å². The molecule has 2 aromatic carbocycles.